The fourth-order valence-electron chi connectivity index (χ4n) is 4.90. The van der Waals surface area contributed by atoms with E-state index in [2.05, 4.69) is 5.32 Å². The summed E-state index contributed by atoms with van der Waals surface area (Å²) >= 11 is 0. The van der Waals surface area contributed by atoms with Crippen molar-refractivity contribution in [3.05, 3.63) is 65.5 Å². The zero-order chi connectivity index (χ0) is 27.0. The smallest absolute Gasteiger partial charge is 0.244 e. The Bertz CT molecular complexity index is 1160. The maximum Gasteiger partial charge on any atom is 0.244 e. The largest absolute Gasteiger partial charge is 0.352 e. The van der Waals surface area contributed by atoms with Crippen LogP contribution in [0, 0.1) is 5.82 Å². The number of carbonyl (C=O) groups is 2. The second-order valence-corrected chi connectivity index (χ2v) is 11.6. The SMILES string of the molecule is CCc1ccccc1N(CC(=O)N(Cc1ccc(F)cc1)[C@@H](CC)C(=O)NC1CCCCC1)S(C)(=O)=O. The molecule has 7 nitrogen and oxygen atoms in total. The van der Waals surface area contributed by atoms with Crippen molar-refractivity contribution in [2.45, 2.75) is 77.4 Å². The number of halogens is 1. The monoisotopic (exact) mass is 531 g/mol. The number of benzene rings is 2. The molecule has 0 saturated heterocycles. The average Bonchev–Trinajstić information content (AvgIpc) is 2.88. The van der Waals surface area contributed by atoms with Crippen molar-refractivity contribution in [1.82, 2.24) is 10.2 Å². The Hall–Kier alpha value is -2.94. The number of anilines is 1. The topological polar surface area (TPSA) is 86.8 Å². The number of aryl methyl sites for hydroxylation is 1. The van der Waals surface area contributed by atoms with E-state index in [1.54, 1.807) is 24.3 Å². The lowest BCUT2D eigenvalue weighted by Gasteiger charge is -2.34. The van der Waals surface area contributed by atoms with Crippen molar-refractivity contribution >= 4 is 27.5 Å². The summed E-state index contributed by atoms with van der Waals surface area (Å²) in [7, 11) is -3.80. The van der Waals surface area contributed by atoms with Gasteiger partial charge in [0.25, 0.3) is 0 Å². The summed E-state index contributed by atoms with van der Waals surface area (Å²) in [5, 5.41) is 3.11. The second-order valence-electron chi connectivity index (χ2n) is 9.67. The van der Waals surface area contributed by atoms with Crippen molar-refractivity contribution in [3.63, 3.8) is 0 Å². The molecule has 3 rings (SSSR count). The maximum atomic E-state index is 13.8. The molecule has 0 radical (unpaired) electrons. The van der Waals surface area contributed by atoms with Gasteiger partial charge in [0.05, 0.1) is 11.9 Å². The first kappa shape index (κ1) is 28.6. The van der Waals surface area contributed by atoms with E-state index in [1.165, 1.54) is 17.0 Å². The molecule has 1 atom stereocenters. The molecule has 1 N–H and O–H groups in total. The van der Waals surface area contributed by atoms with Gasteiger partial charge >= 0.3 is 0 Å². The maximum absolute atomic E-state index is 13.8. The van der Waals surface area contributed by atoms with Crippen LogP contribution in [0.1, 0.15) is 63.5 Å². The number of rotatable bonds is 11. The Morgan fingerprint density at radius 3 is 2.27 bits per heavy atom. The normalized spacial score (nSPS) is 15.1. The Kier molecular flexibility index (Phi) is 10.1. The lowest BCUT2D eigenvalue weighted by atomic mass is 9.95. The highest BCUT2D eigenvalue weighted by atomic mass is 32.2. The van der Waals surface area contributed by atoms with Crippen LogP contribution in [0.3, 0.4) is 0 Å². The lowest BCUT2D eigenvalue weighted by molar-refractivity contribution is -0.140. The van der Waals surface area contributed by atoms with E-state index in [1.807, 2.05) is 26.0 Å². The zero-order valence-electron chi connectivity index (χ0n) is 22.0. The third-order valence-corrected chi connectivity index (χ3v) is 8.05. The molecule has 1 fully saturated rings. The van der Waals surface area contributed by atoms with Gasteiger partial charge in [-0.2, -0.15) is 0 Å². The molecule has 0 unspecified atom stereocenters. The summed E-state index contributed by atoms with van der Waals surface area (Å²) in [6, 6.07) is 12.1. The molecule has 202 valence electrons. The fourth-order valence-corrected chi connectivity index (χ4v) is 5.78. The van der Waals surface area contributed by atoms with Gasteiger partial charge in [-0.3, -0.25) is 13.9 Å². The number of carbonyl (C=O) groups excluding carboxylic acids is 2. The molecule has 1 saturated carbocycles. The molecule has 1 aliphatic carbocycles. The van der Waals surface area contributed by atoms with Crippen LogP contribution in [-0.2, 0) is 32.6 Å². The molecule has 0 aromatic heterocycles. The minimum atomic E-state index is -3.80. The Labute approximate surface area is 220 Å². The van der Waals surface area contributed by atoms with Crippen molar-refractivity contribution in [3.8, 4) is 0 Å². The van der Waals surface area contributed by atoms with Gasteiger partial charge in [0.1, 0.15) is 18.4 Å². The van der Waals surface area contributed by atoms with E-state index < -0.39 is 34.3 Å². The standard InChI is InChI=1S/C28H38FN3O4S/c1-4-22-11-9-10-14-26(22)32(37(3,35)36)20-27(33)31(19-21-15-17-23(29)18-16-21)25(5-2)28(34)30-24-12-7-6-8-13-24/h9-11,14-18,24-25H,4-8,12-13,19-20H2,1-3H3,(H,30,34)/t25-/m0/s1. The van der Waals surface area contributed by atoms with E-state index in [9.17, 15) is 22.4 Å². The van der Waals surface area contributed by atoms with E-state index >= 15 is 0 Å². The number of para-hydroxylation sites is 1. The Balaban J connectivity index is 1.93. The summed E-state index contributed by atoms with van der Waals surface area (Å²) in [5.41, 5.74) is 1.90. The van der Waals surface area contributed by atoms with Crippen LogP contribution >= 0.6 is 0 Å². The van der Waals surface area contributed by atoms with Crippen LogP contribution in [0.5, 0.6) is 0 Å². The summed E-state index contributed by atoms with van der Waals surface area (Å²) < 4.78 is 40.3. The van der Waals surface area contributed by atoms with Crippen LogP contribution in [0.15, 0.2) is 48.5 Å². The van der Waals surface area contributed by atoms with Gasteiger partial charge in [0.2, 0.25) is 21.8 Å². The van der Waals surface area contributed by atoms with Crippen molar-refractivity contribution < 1.29 is 22.4 Å². The summed E-state index contributed by atoms with van der Waals surface area (Å²) in [6.45, 7) is 3.37. The predicted octanol–water partition coefficient (Wildman–Crippen LogP) is 4.41. The van der Waals surface area contributed by atoms with Gasteiger partial charge in [-0.25, -0.2) is 12.8 Å². The first-order valence-electron chi connectivity index (χ1n) is 13.0. The molecule has 9 heteroatoms. The van der Waals surface area contributed by atoms with Crippen molar-refractivity contribution in [2.24, 2.45) is 0 Å². The molecule has 0 heterocycles. The molecule has 0 aliphatic heterocycles. The molecule has 0 spiro atoms. The first-order chi connectivity index (χ1) is 17.6. The number of hydrogen-bond acceptors (Lipinski definition) is 4. The van der Waals surface area contributed by atoms with E-state index in [0.29, 0.717) is 24.1 Å². The summed E-state index contributed by atoms with van der Waals surface area (Å²) in [6.07, 6.45) is 7.10. The Morgan fingerprint density at radius 2 is 1.68 bits per heavy atom. The van der Waals surface area contributed by atoms with Gasteiger partial charge in [-0.1, -0.05) is 63.4 Å². The minimum Gasteiger partial charge on any atom is -0.352 e. The highest BCUT2D eigenvalue weighted by Crippen LogP contribution is 2.25. The molecule has 0 bridgehead atoms. The highest BCUT2D eigenvalue weighted by molar-refractivity contribution is 7.92. The number of nitrogens with zero attached hydrogens (tertiary/aromatic N) is 2. The third kappa shape index (κ3) is 7.77. The van der Waals surface area contributed by atoms with Crippen LogP contribution in [0.25, 0.3) is 0 Å². The number of hydrogen-bond donors (Lipinski definition) is 1. The van der Waals surface area contributed by atoms with Gasteiger partial charge in [-0.15, -0.1) is 0 Å². The summed E-state index contributed by atoms with van der Waals surface area (Å²) in [5.74, 6) is -1.14. The number of amides is 2. The third-order valence-electron chi connectivity index (χ3n) is 6.92. The molecular formula is C28H38FN3O4S. The van der Waals surface area contributed by atoms with Gasteiger partial charge < -0.3 is 10.2 Å². The molecule has 1 aliphatic rings. The van der Waals surface area contributed by atoms with E-state index in [-0.39, 0.29) is 18.5 Å². The zero-order valence-corrected chi connectivity index (χ0v) is 22.8. The highest BCUT2D eigenvalue weighted by Gasteiger charge is 2.33. The summed E-state index contributed by atoms with van der Waals surface area (Å²) in [4.78, 5) is 28.6. The molecular weight excluding hydrogens is 493 g/mol. The average molecular weight is 532 g/mol. The predicted molar refractivity (Wildman–Crippen MR) is 144 cm³/mol. The number of sulfonamides is 1. The van der Waals surface area contributed by atoms with Crippen LogP contribution < -0.4 is 9.62 Å². The van der Waals surface area contributed by atoms with E-state index in [0.717, 1.165) is 48.2 Å². The fraction of sp³-hybridized carbons (Fsp3) is 0.500. The Morgan fingerprint density at radius 1 is 1.03 bits per heavy atom. The van der Waals surface area contributed by atoms with Gasteiger partial charge in [-0.05, 0) is 55.0 Å². The van der Waals surface area contributed by atoms with Crippen molar-refractivity contribution in [2.75, 3.05) is 17.1 Å². The van der Waals surface area contributed by atoms with Gasteiger partial charge in [0, 0.05) is 12.6 Å². The second kappa shape index (κ2) is 13.0. The van der Waals surface area contributed by atoms with Gasteiger partial charge in [0.15, 0.2) is 0 Å². The molecule has 2 aromatic rings. The van der Waals surface area contributed by atoms with Crippen molar-refractivity contribution in [1.29, 1.82) is 0 Å². The first-order valence-corrected chi connectivity index (χ1v) is 14.9. The lowest BCUT2D eigenvalue weighted by Crippen LogP contribution is -2.54. The van der Waals surface area contributed by atoms with Crippen LogP contribution in [0.4, 0.5) is 10.1 Å². The minimum absolute atomic E-state index is 0.0583. The quantitative estimate of drug-likeness (QED) is 0.465. The molecule has 2 amide bonds. The number of nitrogens with one attached hydrogen (secondary N) is 1. The van der Waals surface area contributed by atoms with Crippen LogP contribution in [-0.4, -0.2) is 50.0 Å². The van der Waals surface area contributed by atoms with E-state index in [4.69, 9.17) is 0 Å². The molecule has 37 heavy (non-hydrogen) atoms. The molecule has 2 aromatic carbocycles. The van der Waals surface area contributed by atoms with Crippen LogP contribution in [0.2, 0.25) is 0 Å².